The lowest BCUT2D eigenvalue weighted by atomic mass is 10.1. The van der Waals surface area contributed by atoms with E-state index in [-0.39, 0.29) is 12.3 Å². The molecule has 1 aromatic rings. The Hall–Kier alpha value is -1.59. The van der Waals surface area contributed by atoms with Crippen molar-refractivity contribution in [2.24, 2.45) is 0 Å². The van der Waals surface area contributed by atoms with Gasteiger partial charge in [-0.15, -0.1) is 11.6 Å². The summed E-state index contributed by atoms with van der Waals surface area (Å²) in [5.41, 5.74) is 1.61. The molecule has 5 nitrogen and oxygen atoms in total. The number of rotatable bonds is 6. The van der Waals surface area contributed by atoms with Crippen LogP contribution in [-0.4, -0.2) is 31.5 Å². The van der Waals surface area contributed by atoms with Gasteiger partial charge in [-0.3, -0.25) is 10.1 Å². The van der Waals surface area contributed by atoms with Gasteiger partial charge >= 0.3 is 6.03 Å². The maximum atomic E-state index is 11.6. The van der Waals surface area contributed by atoms with Crippen molar-refractivity contribution in [2.45, 2.75) is 12.8 Å². The number of alkyl halides is 1. The van der Waals surface area contributed by atoms with Crippen LogP contribution < -0.4 is 10.6 Å². The summed E-state index contributed by atoms with van der Waals surface area (Å²) >= 11 is 5.42. The molecule has 104 valence electrons. The van der Waals surface area contributed by atoms with Crippen LogP contribution in [0.1, 0.15) is 12.0 Å². The SMILES string of the molecule is COCCc1ccccc1NC(=O)NC(=O)CCCl. The second kappa shape index (κ2) is 8.50. The minimum absolute atomic E-state index is 0.111. The molecule has 0 aliphatic carbocycles. The molecule has 1 aromatic carbocycles. The third-order valence-electron chi connectivity index (χ3n) is 2.42. The number of benzene rings is 1. The predicted molar refractivity (Wildman–Crippen MR) is 74.5 cm³/mol. The van der Waals surface area contributed by atoms with Gasteiger partial charge in [-0.05, 0) is 18.1 Å². The lowest BCUT2D eigenvalue weighted by Gasteiger charge is -2.11. The van der Waals surface area contributed by atoms with Gasteiger partial charge in [0.1, 0.15) is 0 Å². The van der Waals surface area contributed by atoms with Gasteiger partial charge in [0.05, 0.1) is 6.61 Å². The van der Waals surface area contributed by atoms with Crippen molar-refractivity contribution >= 4 is 29.2 Å². The smallest absolute Gasteiger partial charge is 0.325 e. The molecule has 0 aliphatic rings. The number of ether oxygens (including phenoxy) is 1. The molecule has 0 aromatic heterocycles. The van der Waals surface area contributed by atoms with Crippen molar-refractivity contribution in [2.75, 3.05) is 24.9 Å². The number of methoxy groups -OCH3 is 1. The Kier molecular flexibility index (Phi) is 6.92. The molecule has 0 atom stereocenters. The van der Waals surface area contributed by atoms with Crippen LogP contribution in [0.25, 0.3) is 0 Å². The maximum absolute atomic E-state index is 11.6. The summed E-state index contributed by atoms with van der Waals surface area (Å²) in [7, 11) is 1.62. The average molecular weight is 285 g/mol. The summed E-state index contributed by atoms with van der Waals surface area (Å²) in [4.78, 5) is 22.8. The molecule has 1 rings (SSSR count). The summed E-state index contributed by atoms with van der Waals surface area (Å²) in [5.74, 6) is -0.217. The van der Waals surface area contributed by atoms with Crippen LogP contribution in [-0.2, 0) is 16.0 Å². The standard InChI is InChI=1S/C13H17ClN2O3/c1-19-9-7-10-4-2-3-5-11(10)15-13(18)16-12(17)6-8-14/h2-5H,6-9H2,1H3,(H2,15,16,17,18). The number of anilines is 1. The fraction of sp³-hybridized carbons (Fsp3) is 0.385. The largest absolute Gasteiger partial charge is 0.384 e. The van der Waals surface area contributed by atoms with Crippen LogP contribution in [0.4, 0.5) is 10.5 Å². The number of para-hydroxylation sites is 1. The van der Waals surface area contributed by atoms with E-state index in [1.807, 2.05) is 18.2 Å². The first-order valence-electron chi connectivity index (χ1n) is 5.91. The molecule has 6 heteroatoms. The summed E-state index contributed by atoms with van der Waals surface area (Å²) in [6.07, 6.45) is 0.795. The number of urea groups is 1. The Bertz CT molecular complexity index is 438. The zero-order valence-corrected chi connectivity index (χ0v) is 11.5. The zero-order chi connectivity index (χ0) is 14.1. The first kappa shape index (κ1) is 15.5. The van der Waals surface area contributed by atoms with Crippen molar-refractivity contribution in [1.82, 2.24) is 5.32 Å². The van der Waals surface area contributed by atoms with Crippen LogP contribution in [0.15, 0.2) is 24.3 Å². The van der Waals surface area contributed by atoms with Gasteiger partial charge < -0.3 is 10.1 Å². The molecule has 3 amide bonds. The lowest BCUT2D eigenvalue weighted by molar-refractivity contribution is -0.119. The molecule has 2 N–H and O–H groups in total. The summed E-state index contributed by atoms with van der Waals surface area (Å²) in [6.45, 7) is 0.561. The van der Waals surface area contributed by atoms with Gasteiger partial charge in [-0.1, -0.05) is 18.2 Å². The monoisotopic (exact) mass is 284 g/mol. The van der Waals surface area contributed by atoms with Crippen LogP contribution >= 0.6 is 11.6 Å². The molecule has 0 spiro atoms. The van der Waals surface area contributed by atoms with Gasteiger partial charge in [-0.25, -0.2) is 4.79 Å². The number of hydrogen-bond donors (Lipinski definition) is 2. The van der Waals surface area contributed by atoms with Crippen molar-refractivity contribution in [3.05, 3.63) is 29.8 Å². The minimum atomic E-state index is -0.556. The van der Waals surface area contributed by atoms with E-state index in [1.54, 1.807) is 13.2 Å². The first-order valence-corrected chi connectivity index (χ1v) is 6.44. The Morgan fingerprint density at radius 1 is 1.32 bits per heavy atom. The fourth-order valence-corrected chi connectivity index (χ4v) is 1.67. The number of carbonyl (C=O) groups excluding carboxylic acids is 2. The summed E-state index contributed by atoms with van der Waals surface area (Å²) in [5, 5.41) is 4.85. The zero-order valence-electron chi connectivity index (χ0n) is 10.7. The van der Waals surface area contributed by atoms with E-state index >= 15 is 0 Å². The van der Waals surface area contributed by atoms with E-state index in [1.165, 1.54) is 0 Å². The number of hydrogen-bond acceptors (Lipinski definition) is 3. The van der Waals surface area contributed by atoms with E-state index in [0.717, 1.165) is 5.56 Å². The highest BCUT2D eigenvalue weighted by atomic mass is 35.5. The van der Waals surface area contributed by atoms with Crippen LogP contribution in [0, 0.1) is 0 Å². The third-order valence-corrected chi connectivity index (χ3v) is 2.60. The molecular formula is C13H17ClN2O3. The molecule has 0 bridgehead atoms. The highest BCUT2D eigenvalue weighted by Crippen LogP contribution is 2.15. The van der Waals surface area contributed by atoms with E-state index in [4.69, 9.17) is 16.3 Å². The van der Waals surface area contributed by atoms with Gasteiger partial charge in [-0.2, -0.15) is 0 Å². The topological polar surface area (TPSA) is 67.4 Å². The van der Waals surface area contributed by atoms with Crippen molar-refractivity contribution in [1.29, 1.82) is 0 Å². The number of imide groups is 1. The first-order chi connectivity index (χ1) is 9.17. The maximum Gasteiger partial charge on any atom is 0.325 e. The Morgan fingerprint density at radius 2 is 2.05 bits per heavy atom. The number of halogens is 1. The Morgan fingerprint density at radius 3 is 2.74 bits per heavy atom. The number of amides is 3. The van der Waals surface area contributed by atoms with Gasteiger partial charge in [0.15, 0.2) is 0 Å². The van der Waals surface area contributed by atoms with Gasteiger partial charge in [0, 0.05) is 25.1 Å². The Labute approximate surface area is 117 Å². The highest BCUT2D eigenvalue weighted by Gasteiger charge is 2.09. The molecule has 0 aliphatic heterocycles. The van der Waals surface area contributed by atoms with Crippen molar-refractivity contribution in [3.63, 3.8) is 0 Å². The fourth-order valence-electron chi connectivity index (χ4n) is 1.50. The molecule has 0 fully saturated rings. The number of carbonyl (C=O) groups is 2. The molecule has 0 saturated heterocycles. The second-order valence-corrected chi connectivity index (χ2v) is 4.22. The molecule has 0 heterocycles. The summed E-state index contributed by atoms with van der Waals surface area (Å²) in [6, 6.07) is 6.81. The Balaban J connectivity index is 2.60. The van der Waals surface area contributed by atoms with Gasteiger partial charge in [0.25, 0.3) is 0 Å². The molecule has 19 heavy (non-hydrogen) atoms. The molecule has 0 saturated carbocycles. The van der Waals surface area contributed by atoms with Crippen LogP contribution in [0.2, 0.25) is 0 Å². The quantitative estimate of drug-likeness (QED) is 0.787. The predicted octanol–water partition coefficient (Wildman–Crippen LogP) is 2.15. The molecule has 0 radical (unpaired) electrons. The van der Waals surface area contributed by atoms with E-state index in [9.17, 15) is 9.59 Å². The third kappa shape index (κ3) is 5.72. The van der Waals surface area contributed by atoms with E-state index in [0.29, 0.717) is 18.7 Å². The number of nitrogens with one attached hydrogen (secondary N) is 2. The van der Waals surface area contributed by atoms with Gasteiger partial charge in [0.2, 0.25) is 5.91 Å². The van der Waals surface area contributed by atoms with Crippen LogP contribution in [0.3, 0.4) is 0 Å². The molecular weight excluding hydrogens is 268 g/mol. The minimum Gasteiger partial charge on any atom is -0.384 e. The van der Waals surface area contributed by atoms with Crippen LogP contribution in [0.5, 0.6) is 0 Å². The van der Waals surface area contributed by atoms with E-state index < -0.39 is 11.9 Å². The van der Waals surface area contributed by atoms with Crippen molar-refractivity contribution in [3.8, 4) is 0 Å². The summed E-state index contributed by atoms with van der Waals surface area (Å²) < 4.78 is 5.01. The van der Waals surface area contributed by atoms with E-state index in [2.05, 4.69) is 10.6 Å². The second-order valence-electron chi connectivity index (χ2n) is 3.84. The molecule has 0 unspecified atom stereocenters. The average Bonchev–Trinajstić information content (AvgIpc) is 2.37. The lowest BCUT2D eigenvalue weighted by Crippen LogP contribution is -2.34. The van der Waals surface area contributed by atoms with Crippen molar-refractivity contribution < 1.29 is 14.3 Å². The highest BCUT2D eigenvalue weighted by molar-refractivity contribution is 6.19. The normalized spacial score (nSPS) is 10.0.